The van der Waals surface area contributed by atoms with E-state index in [2.05, 4.69) is 10.1 Å². The molecule has 0 heterocycles. The Hall–Kier alpha value is -2.04. The minimum Gasteiger partial charge on any atom is -0.456 e. The highest BCUT2D eigenvalue weighted by molar-refractivity contribution is 5.93. The number of benzene rings is 1. The van der Waals surface area contributed by atoms with Crippen LogP contribution in [0.2, 0.25) is 0 Å². The summed E-state index contributed by atoms with van der Waals surface area (Å²) in [4.78, 5) is 21.6. The van der Waals surface area contributed by atoms with Crippen LogP contribution in [0.1, 0.15) is 6.92 Å². The molecule has 0 aliphatic heterocycles. The predicted molar refractivity (Wildman–Crippen MR) is 56.1 cm³/mol. The van der Waals surface area contributed by atoms with Crippen molar-refractivity contribution in [3.8, 4) is 0 Å². The second-order valence-electron chi connectivity index (χ2n) is 2.95. The van der Waals surface area contributed by atoms with Crippen molar-refractivity contribution in [2.75, 3.05) is 17.7 Å². The minimum absolute atomic E-state index is 0.288. The van der Waals surface area contributed by atoms with Gasteiger partial charge in [-0.3, -0.25) is 9.59 Å². The maximum atomic E-state index is 11.2. The van der Waals surface area contributed by atoms with Crippen molar-refractivity contribution >= 4 is 23.3 Å². The molecule has 0 bridgehead atoms. The van der Waals surface area contributed by atoms with Crippen LogP contribution in [0.25, 0.3) is 0 Å². The number of amides is 1. The fourth-order valence-corrected chi connectivity index (χ4v) is 0.981. The fraction of sp³-hybridized carbons (Fsp3) is 0.200. The van der Waals surface area contributed by atoms with E-state index in [1.54, 1.807) is 24.3 Å². The molecular formula is C10H12N2O3. The number of ether oxygens (including phenoxy) is 1. The minimum atomic E-state index is -0.488. The number of hydrogen-bond donors (Lipinski definition) is 2. The van der Waals surface area contributed by atoms with E-state index in [4.69, 9.17) is 5.73 Å². The molecule has 15 heavy (non-hydrogen) atoms. The predicted octanol–water partition coefficient (Wildman–Crippen LogP) is 0.770. The summed E-state index contributed by atoms with van der Waals surface area (Å²) in [5.74, 6) is -0.881. The van der Waals surface area contributed by atoms with E-state index in [1.807, 2.05) is 0 Å². The van der Waals surface area contributed by atoms with Crippen molar-refractivity contribution in [3.05, 3.63) is 24.3 Å². The van der Waals surface area contributed by atoms with Gasteiger partial charge in [0.1, 0.15) is 0 Å². The molecule has 1 rings (SSSR count). The van der Waals surface area contributed by atoms with E-state index in [-0.39, 0.29) is 6.61 Å². The van der Waals surface area contributed by atoms with Gasteiger partial charge in [-0.15, -0.1) is 0 Å². The average molecular weight is 208 g/mol. The standard InChI is InChI=1S/C10H12N2O3/c1-7(13)15-6-10(14)12-9-4-2-3-8(11)5-9/h2-5H,6,11H2,1H3,(H,12,14). The summed E-state index contributed by atoms with van der Waals surface area (Å²) in [6.45, 7) is 0.956. The highest BCUT2D eigenvalue weighted by atomic mass is 16.5. The lowest BCUT2D eigenvalue weighted by molar-refractivity contribution is -0.144. The molecule has 1 aromatic rings. The van der Waals surface area contributed by atoms with Gasteiger partial charge < -0.3 is 15.8 Å². The maximum Gasteiger partial charge on any atom is 0.303 e. The molecule has 3 N–H and O–H groups in total. The first-order valence-electron chi connectivity index (χ1n) is 4.36. The number of nitrogens with one attached hydrogen (secondary N) is 1. The topological polar surface area (TPSA) is 81.4 Å². The molecule has 1 aromatic carbocycles. The van der Waals surface area contributed by atoms with E-state index in [0.29, 0.717) is 11.4 Å². The molecule has 0 saturated heterocycles. The van der Waals surface area contributed by atoms with Crippen LogP contribution in [-0.2, 0) is 14.3 Å². The third-order valence-electron chi connectivity index (χ3n) is 1.58. The molecule has 0 atom stereocenters. The molecule has 0 radical (unpaired) electrons. The van der Waals surface area contributed by atoms with Crippen LogP contribution < -0.4 is 11.1 Å². The van der Waals surface area contributed by atoms with E-state index >= 15 is 0 Å². The van der Waals surface area contributed by atoms with Gasteiger partial charge in [0, 0.05) is 18.3 Å². The highest BCUT2D eigenvalue weighted by Crippen LogP contribution is 2.11. The second-order valence-corrected chi connectivity index (χ2v) is 2.95. The summed E-state index contributed by atoms with van der Waals surface area (Å²) in [6, 6.07) is 6.74. The molecule has 0 unspecified atom stereocenters. The molecule has 1 amide bonds. The number of esters is 1. The van der Waals surface area contributed by atoms with Crippen molar-refractivity contribution in [2.24, 2.45) is 0 Å². The number of hydrogen-bond acceptors (Lipinski definition) is 4. The Bertz CT molecular complexity index is 377. The first-order valence-corrected chi connectivity index (χ1v) is 4.36. The molecule has 0 saturated carbocycles. The Morgan fingerprint density at radius 2 is 2.20 bits per heavy atom. The van der Waals surface area contributed by atoms with Crippen molar-refractivity contribution < 1.29 is 14.3 Å². The molecule has 80 valence electrons. The third kappa shape index (κ3) is 4.12. The number of carbonyl (C=O) groups excluding carboxylic acids is 2. The maximum absolute atomic E-state index is 11.2. The molecule has 5 heteroatoms. The number of rotatable bonds is 3. The molecule has 0 aromatic heterocycles. The molecule has 0 aliphatic carbocycles. The highest BCUT2D eigenvalue weighted by Gasteiger charge is 2.04. The van der Waals surface area contributed by atoms with Gasteiger partial charge in [0.25, 0.3) is 5.91 Å². The summed E-state index contributed by atoms with van der Waals surface area (Å²) in [5, 5.41) is 2.54. The summed E-state index contributed by atoms with van der Waals surface area (Å²) >= 11 is 0. The number of nitrogens with two attached hydrogens (primary N) is 1. The molecule has 5 nitrogen and oxygen atoms in total. The van der Waals surface area contributed by atoms with Crippen LogP contribution in [0, 0.1) is 0 Å². The first kappa shape index (κ1) is 11.0. The van der Waals surface area contributed by atoms with Crippen molar-refractivity contribution in [2.45, 2.75) is 6.92 Å². The van der Waals surface area contributed by atoms with Gasteiger partial charge >= 0.3 is 5.97 Å². The second kappa shape index (κ2) is 4.99. The zero-order valence-corrected chi connectivity index (χ0v) is 8.32. The van der Waals surface area contributed by atoms with Crippen molar-refractivity contribution in [3.63, 3.8) is 0 Å². The van der Waals surface area contributed by atoms with E-state index in [9.17, 15) is 9.59 Å². The monoisotopic (exact) mass is 208 g/mol. The smallest absolute Gasteiger partial charge is 0.303 e. The van der Waals surface area contributed by atoms with E-state index in [0.717, 1.165) is 0 Å². The molecule has 0 fully saturated rings. The van der Waals surface area contributed by atoms with Gasteiger partial charge in [-0.2, -0.15) is 0 Å². The zero-order valence-electron chi connectivity index (χ0n) is 8.32. The lowest BCUT2D eigenvalue weighted by Crippen LogP contribution is -2.19. The zero-order chi connectivity index (χ0) is 11.3. The summed E-state index contributed by atoms with van der Waals surface area (Å²) in [6.07, 6.45) is 0. The van der Waals surface area contributed by atoms with E-state index in [1.165, 1.54) is 6.92 Å². The van der Waals surface area contributed by atoms with Crippen molar-refractivity contribution in [1.82, 2.24) is 0 Å². The van der Waals surface area contributed by atoms with Gasteiger partial charge in [0.2, 0.25) is 0 Å². The Labute approximate surface area is 87.2 Å². The van der Waals surface area contributed by atoms with Gasteiger partial charge in [0.15, 0.2) is 6.61 Å². The normalized spacial score (nSPS) is 9.40. The average Bonchev–Trinajstić information content (AvgIpc) is 2.15. The lowest BCUT2D eigenvalue weighted by Gasteiger charge is -2.05. The quantitative estimate of drug-likeness (QED) is 0.567. The Morgan fingerprint density at radius 1 is 1.47 bits per heavy atom. The molecule has 0 spiro atoms. The molecular weight excluding hydrogens is 196 g/mol. The number of carbonyl (C=O) groups is 2. The van der Waals surface area contributed by atoms with Crippen LogP contribution in [0.3, 0.4) is 0 Å². The van der Waals surface area contributed by atoms with Gasteiger partial charge in [-0.25, -0.2) is 0 Å². The summed E-state index contributed by atoms with van der Waals surface area (Å²) in [7, 11) is 0. The van der Waals surface area contributed by atoms with Crippen LogP contribution in [0.15, 0.2) is 24.3 Å². The van der Waals surface area contributed by atoms with Crippen LogP contribution in [0.5, 0.6) is 0 Å². The third-order valence-corrected chi connectivity index (χ3v) is 1.58. The largest absolute Gasteiger partial charge is 0.456 e. The van der Waals surface area contributed by atoms with Crippen LogP contribution in [-0.4, -0.2) is 18.5 Å². The first-order chi connectivity index (χ1) is 7.08. The van der Waals surface area contributed by atoms with Crippen LogP contribution in [0.4, 0.5) is 11.4 Å². The Balaban J connectivity index is 2.48. The summed E-state index contributed by atoms with van der Waals surface area (Å²) < 4.78 is 4.52. The Morgan fingerprint density at radius 3 is 2.80 bits per heavy atom. The van der Waals surface area contributed by atoms with Gasteiger partial charge in [-0.1, -0.05) is 6.07 Å². The Kier molecular flexibility index (Phi) is 3.68. The molecule has 0 aliphatic rings. The van der Waals surface area contributed by atoms with Gasteiger partial charge in [0.05, 0.1) is 0 Å². The lowest BCUT2D eigenvalue weighted by atomic mass is 10.3. The van der Waals surface area contributed by atoms with Gasteiger partial charge in [-0.05, 0) is 18.2 Å². The van der Waals surface area contributed by atoms with E-state index < -0.39 is 11.9 Å². The van der Waals surface area contributed by atoms with Crippen molar-refractivity contribution in [1.29, 1.82) is 0 Å². The number of nitrogen functional groups attached to an aromatic ring is 1. The SMILES string of the molecule is CC(=O)OCC(=O)Nc1cccc(N)c1. The number of anilines is 2. The summed E-state index contributed by atoms with van der Waals surface area (Å²) in [5.41, 5.74) is 6.65. The fourth-order valence-electron chi connectivity index (χ4n) is 0.981. The van der Waals surface area contributed by atoms with Crippen LogP contribution >= 0.6 is 0 Å².